The lowest BCUT2D eigenvalue weighted by Crippen LogP contribution is -2.14. The summed E-state index contributed by atoms with van der Waals surface area (Å²) in [5.41, 5.74) is 1.86. The molecule has 1 aromatic rings. The summed E-state index contributed by atoms with van der Waals surface area (Å²) < 4.78 is 25.2. The average Bonchev–Trinajstić information content (AvgIpc) is 2.20. The van der Waals surface area contributed by atoms with Gasteiger partial charge in [0, 0.05) is 5.69 Å². The Bertz CT molecular complexity index is 421. The monoisotopic (exact) mass is 241 g/mol. The van der Waals surface area contributed by atoms with Gasteiger partial charge in [-0.25, -0.2) is 8.42 Å². The van der Waals surface area contributed by atoms with E-state index < -0.39 is 10.0 Å². The van der Waals surface area contributed by atoms with Crippen LogP contribution in [0.25, 0.3) is 0 Å². The molecule has 1 aromatic carbocycles. The quantitative estimate of drug-likeness (QED) is 0.861. The summed E-state index contributed by atoms with van der Waals surface area (Å²) in [6, 6.07) is 7.55. The van der Waals surface area contributed by atoms with E-state index in [1.807, 2.05) is 24.3 Å². The summed E-state index contributed by atoms with van der Waals surface area (Å²) >= 11 is 0. The molecule has 0 aromatic heterocycles. The van der Waals surface area contributed by atoms with Crippen molar-refractivity contribution >= 4 is 15.7 Å². The summed E-state index contributed by atoms with van der Waals surface area (Å²) in [5, 5.41) is 0. The highest BCUT2D eigenvalue weighted by atomic mass is 32.2. The predicted octanol–water partition coefficient (Wildman–Crippen LogP) is 2.65. The second kappa shape index (κ2) is 5.34. The minimum Gasteiger partial charge on any atom is -0.284 e. The molecular formula is C12H19NO2S. The van der Waals surface area contributed by atoms with Crippen molar-refractivity contribution in [3.63, 3.8) is 0 Å². The normalized spacial score (nSPS) is 11.8. The smallest absolute Gasteiger partial charge is 0.232 e. The van der Waals surface area contributed by atoms with Crippen molar-refractivity contribution in [2.75, 3.05) is 10.5 Å². The van der Waals surface area contributed by atoms with Crippen molar-refractivity contribution in [1.82, 2.24) is 0 Å². The molecule has 3 nitrogen and oxygen atoms in total. The molecule has 0 radical (unpaired) electrons. The summed E-state index contributed by atoms with van der Waals surface area (Å²) in [6.45, 7) is 5.94. The summed E-state index contributed by atoms with van der Waals surface area (Å²) in [6.07, 6.45) is 1.01. The maximum atomic E-state index is 11.3. The maximum Gasteiger partial charge on any atom is 0.232 e. The van der Waals surface area contributed by atoms with Gasteiger partial charge in [-0.15, -0.1) is 0 Å². The van der Waals surface area contributed by atoms with Crippen LogP contribution in [0.4, 0.5) is 5.69 Å². The standard InChI is InChI=1S/C12H19NO2S/c1-4-16(14,15)13-12-7-5-11(6-8-12)9-10(2)3/h5-8,10,13H,4,9H2,1-3H3. The molecule has 0 spiro atoms. The first-order chi connectivity index (χ1) is 7.43. The van der Waals surface area contributed by atoms with E-state index in [4.69, 9.17) is 0 Å². The Morgan fingerprint density at radius 2 is 1.75 bits per heavy atom. The molecule has 0 heterocycles. The van der Waals surface area contributed by atoms with Crippen molar-refractivity contribution in [3.8, 4) is 0 Å². The Morgan fingerprint density at radius 3 is 2.19 bits per heavy atom. The van der Waals surface area contributed by atoms with Crippen molar-refractivity contribution in [1.29, 1.82) is 0 Å². The molecule has 1 N–H and O–H groups in total. The Kier molecular flexibility index (Phi) is 4.35. The molecule has 0 unspecified atom stereocenters. The van der Waals surface area contributed by atoms with Crippen LogP contribution in [-0.4, -0.2) is 14.2 Å². The van der Waals surface area contributed by atoms with Gasteiger partial charge in [-0.1, -0.05) is 26.0 Å². The number of hydrogen-bond acceptors (Lipinski definition) is 2. The Hall–Kier alpha value is -1.03. The van der Waals surface area contributed by atoms with Gasteiger partial charge in [-0.2, -0.15) is 0 Å². The van der Waals surface area contributed by atoms with Gasteiger partial charge in [-0.3, -0.25) is 4.72 Å². The minimum atomic E-state index is -3.16. The fraction of sp³-hybridized carbons (Fsp3) is 0.500. The molecule has 90 valence electrons. The van der Waals surface area contributed by atoms with E-state index in [0.29, 0.717) is 11.6 Å². The first kappa shape index (κ1) is 13.0. The molecule has 0 bridgehead atoms. The largest absolute Gasteiger partial charge is 0.284 e. The van der Waals surface area contributed by atoms with Gasteiger partial charge in [0.15, 0.2) is 0 Å². The Morgan fingerprint density at radius 1 is 1.19 bits per heavy atom. The first-order valence-electron chi connectivity index (χ1n) is 5.52. The highest BCUT2D eigenvalue weighted by Gasteiger charge is 2.06. The number of benzene rings is 1. The SMILES string of the molecule is CCS(=O)(=O)Nc1ccc(CC(C)C)cc1. The molecule has 4 heteroatoms. The number of sulfonamides is 1. The van der Waals surface area contributed by atoms with Gasteiger partial charge in [-0.05, 0) is 37.0 Å². The lowest BCUT2D eigenvalue weighted by atomic mass is 10.0. The third-order valence-electron chi connectivity index (χ3n) is 2.25. The average molecular weight is 241 g/mol. The predicted molar refractivity (Wildman–Crippen MR) is 68.1 cm³/mol. The molecule has 0 aliphatic carbocycles. The molecule has 0 aliphatic heterocycles. The van der Waals surface area contributed by atoms with E-state index in [-0.39, 0.29) is 5.75 Å². The van der Waals surface area contributed by atoms with Crippen molar-refractivity contribution in [2.24, 2.45) is 5.92 Å². The van der Waals surface area contributed by atoms with Crippen LogP contribution < -0.4 is 4.72 Å². The van der Waals surface area contributed by atoms with Crippen LogP contribution in [0.15, 0.2) is 24.3 Å². The van der Waals surface area contributed by atoms with Crippen LogP contribution in [0, 0.1) is 5.92 Å². The number of hydrogen-bond donors (Lipinski definition) is 1. The lowest BCUT2D eigenvalue weighted by Gasteiger charge is -2.08. The fourth-order valence-electron chi connectivity index (χ4n) is 1.43. The Balaban J connectivity index is 2.72. The van der Waals surface area contributed by atoms with Gasteiger partial charge in [0.05, 0.1) is 5.75 Å². The molecule has 0 amide bonds. The van der Waals surface area contributed by atoms with Gasteiger partial charge in [0.25, 0.3) is 0 Å². The zero-order valence-corrected chi connectivity index (χ0v) is 10.8. The van der Waals surface area contributed by atoms with Crippen molar-refractivity contribution < 1.29 is 8.42 Å². The van der Waals surface area contributed by atoms with E-state index in [1.54, 1.807) is 6.92 Å². The molecule has 16 heavy (non-hydrogen) atoms. The summed E-state index contributed by atoms with van der Waals surface area (Å²) in [7, 11) is -3.16. The number of nitrogens with one attached hydrogen (secondary N) is 1. The zero-order valence-electron chi connectivity index (χ0n) is 10.0. The number of rotatable bonds is 5. The van der Waals surface area contributed by atoms with E-state index in [2.05, 4.69) is 18.6 Å². The van der Waals surface area contributed by atoms with Crippen LogP contribution in [0.2, 0.25) is 0 Å². The van der Waals surface area contributed by atoms with E-state index in [0.717, 1.165) is 6.42 Å². The molecule has 0 saturated heterocycles. The highest BCUT2D eigenvalue weighted by Crippen LogP contribution is 2.14. The molecule has 0 aliphatic rings. The van der Waals surface area contributed by atoms with Crippen LogP contribution in [-0.2, 0) is 16.4 Å². The zero-order chi connectivity index (χ0) is 12.2. The third kappa shape index (κ3) is 4.23. The summed E-state index contributed by atoms with van der Waals surface area (Å²) in [5.74, 6) is 0.707. The maximum absolute atomic E-state index is 11.3. The van der Waals surface area contributed by atoms with Crippen LogP contribution in [0.3, 0.4) is 0 Å². The first-order valence-corrected chi connectivity index (χ1v) is 7.17. The molecule has 0 saturated carbocycles. The van der Waals surface area contributed by atoms with Gasteiger partial charge in [0.2, 0.25) is 10.0 Å². The third-order valence-corrected chi connectivity index (χ3v) is 3.56. The molecule has 1 rings (SSSR count). The van der Waals surface area contributed by atoms with Gasteiger partial charge in [0.1, 0.15) is 0 Å². The topological polar surface area (TPSA) is 46.2 Å². The van der Waals surface area contributed by atoms with E-state index in [1.165, 1.54) is 5.56 Å². The van der Waals surface area contributed by atoms with E-state index in [9.17, 15) is 8.42 Å². The van der Waals surface area contributed by atoms with Gasteiger partial charge < -0.3 is 0 Å². The van der Waals surface area contributed by atoms with Crippen molar-refractivity contribution in [2.45, 2.75) is 27.2 Å². The van der Waals surface area contributed by atoms with E-state index >= 15 is 0 Å². The molecular weight excluding hydrogens is 222 g/mol. The molecule has 0 fully saturated rings. The van der Waals surface area contributed by atoms with Crippen LogP contribution in [0.1, 0.15) is 26.3 Å². The summed E-state index contributed by atoms with van der Waals surface area (Å²) in [4.78, 5) is 0. The minimum absolute atomic E-state index is 0.0980. The number of anilines is 1. The van der Waals surface area contributed by atoms with Crippen LogP contribution in [0.5, 0.6) is 0 Å². The highest BCUT2D eigenvalue weighted by molar-refractivity contribution is 7.92. The second-order valence-electron chi connectivity index (χ2n) is 4.30. The van der Waals surface area contributed by atoms with Crippen molar-refractivity contribution in [3.05, 3.63) is 29.8 Å². The Labute approximate surface area is 97.9 Å². The second-order valence-corrected chi connectivity index (χ2v) is 6.31. The van der Waals surface area contributed by atoms with Gasteiger partial charge >= 0.3 is 0 Å². The fourth-order valence-corrected chi connectivity index (χ4v) is 2.07. The molecule has 0 atom stereocenters. The van der Waals surface area contributed by atoms with Crippen LogP contribution >= 0.6 is 0 Å². The lowest BCUT2D eigenvalue weighted by molar-refractivity contribution is 0.602.